The van der Waals surface area contributed by atoms with Crippen LogP contribution in [0.5, 0.6) is 0 Å². The fourth-order valence-corrected chi connectivity index (χ4v) is 2.30. The van der Waals surface area contributed by atoms with Crippen LogP contribution in [-0.2, 0) is 9.59 Å². The van der Waals surface area contributed by atoms with Gasteiger partial charge in [0.2, 0.25) is 11.8 Å². The number of rotatable bonds is 3. The molecule has 2 heterocycles. The summed E-state index contributed by atoms with van der Waals surface area (Å²) in [6.07, 6.45) is 4.65. The minimum atomic E-state index is 0.0111. The molecule has 2 saturated heterocycles. The van der Waals surface area contributed by atoms with E-state index in [0.29, 0.717) is 19.4 Å². The molecule has 15 heavy (non-hydrogen) atoms. The molecule has 2 fully saturated rings. The van der Waals surface area contributed by atoms with Gasteiger partial charge in [-0.2, -0.15) is 0 Å². The molecule has 4 nitrogen and oxygen atoms in total. The Morgan fingerprint density at radius 3 is 2.07 bits per heavy atom. The number of carbonyl (C=O) groups excluding carboxylic acids is 2. The van der Waals surface area contributed by atoms with Gasteiger partial charge in [0.05, 0.1) is 0 Å². The number of hydrogen-bond donors (Lipinski definition) is 0. The summed E-state index contributed by atoms with van der Waals surface area (Å²) < 4.78 is 0. The quantitative estimate of drug-likeness (QED) is 0.641. The summed E-state index contributed by atoms with van der Waals surface area (Å²) in [6, 6.07) is 0. The third-order valence-electron chi connectivity index (χ3n) is 3.24. The van der Waals surface area contributed by atoms with Crippen molar-refractivity contribution in [3.05, 3.63) is 0 Å². The van der Waals surface area contributed by atoms with Gasteiger partial charge in [0.15, 0.2) is 0 Å². The Hall–Kier alpha value is -0.900. The molecule has 4 heteroatoms. The molecule has 0 saturated carbocycles. The standard InChI is InChI=1S/C11H18N2O2/c14-10-4-5-11(15)13(10)9-8-12-6-2-1-3-7-12/h1-9H2. The number of amides is 2. The van der Waals surface area contributed by atoms with Gasteiger partial charge in [-0.3, -0.25) is 14.5 Å². The lowest BCUT2D eigenvalue weighted by Gasteiger charge is -2.27. The van der Waals surface area contributed by atoms with Crippen molar-refractivity contribution in [2.24, 2.45) is 0 Å². The highest BCUT2D eigenvalue weighted by Gasteiger charge is 2.28. The van der Waals surface area contributed by atoms with Gasteiger partial charge in [-0.05, 0) is 25.9 Å². The van der Waals surface area contributed by atoms with Gasteiger partial charge in [0.25, 0.3) is 0 Å². The van der Waals surface area contributed by atoms with Gasteiger partial charge in [-0.25, -0.2) is 0 Å². The molecule has 0 radical (unpaired) electrons. The summed E-state index contributed by atoms with van der Waals surface area (Å²) in [4.78, 5) is 26.5. The van der Waals surface area contributed by atoms with Gasteiger partial charge in [0.1, 0.15) is 0 Å². The molecule has 2 aliphatic rings. The highest BCUT2D eigenvalue weighted by atomic mass is 16.2. The van der Waals surface area contributed by atoms with Crippen molar-refractivity contribution in [2.45, 2.75) is 32.1 Å². The Morgan fingerprint density at radius 2 is 1.47 bits per heavy atom. The predicted molar refractivity (Wildman–Crippen MR) is 56.2 cm³/mol. The first-order chi connectivity index (χ1) is 7.27. The lowest BCUT2D eigenvalue weighted by atomic mass is 10.1. The summed E-state index contributed by atoms with van der Waals surface area (Å²) in [5, 5.41) is 0. The van der Waals surface area contributed by atoms with Crippen LogP contribution in [0.1, 0.15) is 32.1 Å². The highest BCUT2D eigenvalue weighted by molar-refractivity contribution is 6.01. The Balaban J connectivity index is 1.76. The molecule has 0 N–H and O–H groups in total. The highest BCUT2D eigenvalue weighted by Crippen LogP contribution is 2.13. The van der Waals surface area contributed by atoms with Crippen LogP contribution in [0, 0.1) is 0 Å². The van der Waals surface area contributed by atoms with Crippen molar-refractivity contribution in [1.29, 1.82) is 0 Å². The third kappa shape index (κ3) is 2.56. The van der Waals surface area contributed by atoms with E-state index < -0.39 is 0 Å². The molecule has 0 spiro atoms. The minimum absolute atomic E-state index is 0.0111. The fourth-order valence-electron chi connectivity index (χ4n) is 2.30. The zero-order valence-electron chi connectivity index (χ0n) is 9.07. The summed E-state index contributed by atoms with van der Waals surface area (Å²) in [6.45, 7) is 3.70. The molecule has 2 rings (SSSR count). The SMILES string of the molecule is O=C1CCC(=O)N1CCN1CCCCC1. The van der Waals surface area contributed by atoms with Crippen LogP contribution >= 0.6 is 0 Å². The molecular formula is C11H18N2O2. The first kappa shape index (κ1) is 10.6. The number of nitrogens with zero attached hydrogens (tertiary/aromatic N) is 2. The number of likely N-dealkylation sites (tertiary alicyclic amines) is 2. The normalized spacial score (nSPS) is 23.9. The molecule has 0 aromatic rings. The second-order valence-corrected chi connectivity index (χ2v) is 4.34. The molecule has 2 aliphatic heterocycles. The molecule has 2 amide bonds. The summed E-state index contributed by atoms with van der Waals surface area (Å²) in [5.74, 6) is 0.0222. The first-order valence-electron chi connectivity index (χ1n) is 5.83. The smallest absolute Gasteiger partial charge is 0.229 e. The molecule has 0 aromatic carbocycles. The van der Waals surface area contributed by atoms with Gasteiger partial charge >= 0.3 is 0 Å². The van der Waals surface area contributed by atoms with Crippen molar-refractivity contribution in [3.63, 3.8) is 0 Å². The molecule has 84 valence electrons. The predicted octanol–water partition coefficient (Wildman–Crippen LogP) is 0.621. The zero-order valence-corrected chi connectivity index (χ0v) is 9.07. The zero-order chi connectivity index (χ0) is 10.7. The summed E-state index contributed by atoms with van der Waals surface area (Å²) in [7, 11) is 0. The molecular weight excluding hydrogens is 192 g/mol. The van der Waals surface area contributed by atoms with Crippen LogP contribution in [-0.4, -0.2) is 47.8 Å². The molecule has 0 atom stereocenters. The van der Waals surface area contributed by atoms with E-state index in [0.717, 1.165) is 19.6 Å². The van der Waals surface area contributed by atoms with Crippen molar-refractivity contribution >= 4 is 11.8 Å². The van der Waals surface area contributed by atoms with E-state index in [9.17, 15) is 9.59 Å². The van der Waals surface area contributed by atoms with Crippen LogP contribution in [0.3, 0.4) is 0 Å². The number of piperidine rings is 1. The van der Waals surface area contributed by atoms with E-state index in [4.69, 9.17) is 0 Å². The summed E-state index contributed by atoms with van der Waals surface area (Å²) >= 11 is 0. The molecule has 0 unspecified atom stereocenters. The van der Waals surface area contributed by atoms with Crippen molar-refractivity contribution < 1.29 is 9.59 Å². The summed E-state index contributed by atoms with van der Waals surface area (Å²) in [5.41, 5.74) is 0. The fraction of sp³-hybridized carbons (Fsp3) is 0.818. The van der Waals surface area contributed by atoms with E-state index in [1.807, 2.05) is 0 Å². The number of hydrogen-bond acceptors (Lipinski definition) is 3. The second-order valence-electron chi connectivity index (χ2n) is 4.34. The van der Waals surface area contributed by atoms with Gasteiger partial charge in [0, 0.05) is 25.9 Å². The van der Waals surface area contributed by atoms with Crippen LogP contribution in [0.2, 0.25) is 0 Å². The average molecular weight is 210 g/mol. The van der Waals surface area contributed by atoms with Crippen molar-refractivity contribution in [1.82, 2.24) is 9.80 Å². The Morgan fingerprint density at radius 1 is 0.867 bits per heavy atom. The molecule has 0 bridgehead atoms. The number of carbonyl (C=O) groups is 2. The van der Waals surface area contributed by atoms with E-state index in [2.05, 4.69) is 4.90 Å². The van der Waals surface area contributed by atoms with Gasteiger partial charge < -0.3 is 4.90 Å². The maximum atomic E-state index is 11.3. The van der Waals surface area contributed by atoms with E-state index >= 15 is 0 Å². The van der Waals surface area contributed by atoms with Crippen molar-refractivity contribution in [2.75, 3.05) is 26.2 Å². The van der Waals surface area contributed by atoms with Crippen molar-refractivity contribution in [3.8, 4) is 0 Å². The van der Waals surface area contributed by atoms with E-state index in [-0.39, 0.29) is 11.8 Å². The Labute approximate surface area is 90.2 Å². The minimum Gasteiger partial charge on any atom is -0.302 e. The van der Waals surface area contributed by atoms with Crippen LogP contribution in [0.15, 0.2) is 0 Å². The maximum Gasteiger partial charge on any atom is 0.229 e. The van der Waals surface area contributed by atoms with Gasteiger partial charge in [-0.15, -0.1) is 0 Å². The Bertz CT molecular complexity index is 243. The van der Waals surface area contributed by atoms with Gasteiger partial charge in [-0.1, -0.05) is 6.42 Å². The monoisotopic (exact) mass is 210 g/mol. The van der Waals surface area contributed by atoms with Crippen LogP contribution in [0.4, 0.5) is 0 Å². The molecule has 0 aromatic heterocycles. The van der Waals surface area contributed by atoms with E-state index in [1.165, 1.54) is 24.2 Å². The Kier molecular flexibility index (Phi) is 3.36. The molecule has 0 aliphatic carbocycles. The maximum absolute atomic E-state index is 11.3. The van der Waals surface area contributed by atoms with Crippen LogP contribution in [0.25, 0.3) is 0 Å². The van der Waals surface area contributed by atoms with E-state index in [1.54, 1.807) is 0 Å². The average Bonchev–Trinajstić information content (AvgIpc) is 2.58. The number of imide groups is 1. The third-order valence-corrected chi connectivity index (χ3v) is 3.24. The second kappa shape index (κ2) is 4.75. The lowest BCUT2D eigenvalue weighted by Crippen LogP contribution is -2.39. The largest absolute Gasteiger partial charge is 0.302 e. The first-order valence-corrected chi connectivity index (χ1v) is 5.83. The van der Waals surface area contributed by atoms with Crippen LogP contribution < -0.4 is 0 Å². The lowest BCUT2D eigenvalue weighted by molar-refractivity contribution is -0.138. The topological polar surface area (TPSA) is 40.6 Å².